The van der Waals surface area contributed by atoms with Crippen molar-refractivity contribution in [2.45, 2.75) is 26.8 Å². The molecule has 2 rings (SSSR count). The molecule has 0 saturated carbocycles. The summed E-state index contributed by atoms with van der Waals surface area (Å²) < 4.78 is 0.819. The number of halogens is 1. The first-order valence-electron chi connectivity index (χ1n) is 8.01. The topological polar surface area (TPSA) is 87.3 Å². The summed E-state index contributed by atoms with van der Waals surface area (Å²) in [4.78, 5) is 37.4. The van der Waals surface area contributed by atoms with Crippen LogP contribution in [-0.4, -0.2) is 23.8 Å². The van der Waals surface area contributed by atoms with Gasteiger partial charge in [0, 0.05) is 5.56 Å². The molecule has 3 N–H and O–H groups in total. The van der Waals surface area contributed by atoms with Crippen molar-refractivity contribution < 1.29 is 14.4 Å². The van der Waals surface area contributed by atoms with E-state index in [1.807, 2.05) is 32.9 Å². The Balaban J connectivity index is 2.00. The lowest BCUT2D eigenvalue weighted by molar-refractivity contribution is -0.124. The van der Waals surface area contributed by atoms with Gasteiger partial charge >= 0.3 is 0 Å². The molecule has 6 nitrogen and oxygen atoms in total. The molecule has 0 aliphatic heterocycles. The number of hydrogen-bond acceptors (Lipinski definition) is 4. The largest absolute Gasteiger partial charge is 0.340 e. The van der Waals surface area contributed by atoms with Crippen LogP contribution in [0.25, 0.3) is 0 Å². The quantitative estimate of drug-likeness (QED) is 0.628. The second-order valence-corrected chi connectivity index (χ2v) is 8.52. The first-order chi connectivity index (χ1) is 12.3. The van der Waals surface area contributed by atoms with Crippen LogP contribution >= 0.6 is 27.3 Å². The van der Waals surface area contributed by atoms with Crippen molar-refractivity contribution in [2.24, 2.45) is 5.92 Å². The summed E-state index contributed by atoms with van der Waals surface area (Å²) in [7, 11) is 0. The van der Waals surface area contributed by atoms with Gasteiger partial charge in [-0.05, 0) is 52.5 Å². The Morgan fingerprint density at radius 3 is 2.27 bits per heavy atom. The van der Waals surface area contributed by atoms with Gasteiger partial charge in [-0.15, -0.1) is 11.3 Å². The zero-order chi connectivity index (χ0) is 19.3. The SMILES string of the molecule is Cc1ccccc1C(=O)N[C@H](C(=O)NNC(=O)c1ccc(Br)s1)C(C)C. The highest BCUT2D eigenvalue weighted by Gasteiger charge is 2.25. The van der Waals surface area contributed by atoms with Crippen LogP contribution in [0.2, 0.25) is 0 Å². The van der Waals surface area contributed by atoms with Crippen LogP contribution in [0.5, 0.6) is 0 Å². The molecule has 1 atom stereocenters. The third-order valence-corrected chi connectivity index (χ3v) is 5.34. The van der Waals surface area contributed by atoms with E-state index in [9.17, 15) is 14.4 Å². The Bertz CT molecular complexity index is 820. The van der Waals surface area contributed by atoms with Gasteiger partial charge in [-0.3, -0.25) is 25.2 Å². The molecule has 26 heavy (non-hydrogen) atoms. The molecule has 0 fully saturated rings. The Hall–Kier alpha value is -2.19. The van der Waals surface area contributed by atoms with Gasteiger partial charge in [-0.25, -0.2) is 0 Å². The Labute approximate surface area is 164 Å². The highest BCUT2D eigenvalue weighted by atomic mass is 79.9. The molecule has 2 aromatic rings. The molecule has 1 aromatic carbocycles. The van der Waals surface area contributed by atoms with Crippen LogP contribution in [0.1, 0.15) is 39.4 Å². The smallest absolute Gasteiger partial charge is 0.279 e. The minimum atomic E-state index is -0.780. The predicted molar refractivity (Wildman–Crippen MR) is 105 cm³/mol. The van der Waals surface area contributed by atoms with Gasteiger partial charge in [-0.1, -0.05) is 32.0 Å². The first-order valence-corrected chi connectivity index (χ1v) is 9.62. The van der Waals surface area contributed by atoms with Gasteiger partial charge < -0.3 is 5.32 Å². The van der Waals surface area contributed by atoms with Gasteiger partial charge in [0.25, 0.3) is 17.7 Å². The summed E-state index contributed by atoms with van der Waals surface area (Å²) in [6.45, 7) is 5.47. The summed E-state index contributed by atoms with van der Waals surface area (Å²) in [6.07, 6.45) is 0. The fraction of sp³-hybridized carbons (Fsp3) is 0.278. The summed E-state index contributed by atoms with van der Waals surface area (Å²) >= 11 is 4.54. The number of benzene rings is 1. The zero-order valence-corrected chi connectivity index (χ0v) is 17.0. The second kappa shape index (κ2) is 8.95. The van der Waals surface area contributed by atoms with Crippen molar-refractivity contribution in [1.29, 1.82) is 0 Å². The Kier molecular flexibility index (Phi) is 6.93. The predicted octanol–water partition coefficient (Wildman–Crippen LogP) is 3.03. The minimum Gasteiger partial charge on any atom is -0.340 e. The van der Waals surface area contributed by atoms with Crippen LogP contribution in [0.4, 0.5) is 0 Å². The number of carbonyl (C=O) groups is 3. The Morgan fingerprint density at radius 1 is 1.00 bits per heavy atom. The lowest BCUT2D eigenvalue weighted by Crippen LogP contribution is -2.54. The molecular weight excluding hydrogens is 418 g/mol. The van der Waals surface area contributed by atoms with Gasteiger partial charge in [0.15, 0.2) is 0 Å². The van der Waals surface area contributed by atoms with Crippen LogP contribution in [0, 0.1) is 12.8 Å². The fourth-order valence-electron chi connectivity index (χ4n) is 2.28. The molecule has 0 bridgehead atoms. The number of nitrogens with one attached hydrogen (secondary N) is 3. The summed E-state index contributed by atoms with van der Waals surface area (Å²) in [5.74, 6) is -1.38. The summed E-state index contributed by atoms with van der Waals surface area (Å²) in [5, 5.41) is 2.73. The highest BCUT2D eigenvalue weighted by Crippen LogP contribution is 2.21. The normalized spacial score (nSPS) is 11.7. The van der Waals surface area contributed by atoms with Gasteiger partial charge in [0.1, 0.15) is 6.04 Å². The fourth-order valence-corrected chi connectivity index (χ4v) is 3.56. The third kappa shape index (κ3) is 5.15. The molecule has 138 valence electrons. The van der Waals surface area contributed by atoms with E-state index in [0.29, 0.717) is 10.4 Å². The summed E-state index contributed by atoms with van der Waals surface area (Å²) in [5.41, 5.74) is 6.09. The average Bonchev–Trinajstić information content (AvgIpc) is 3.03. The molecule has 1 aromatic heterocycles. The van der Waals surface area contributed by atoms with Crippen molar-refractivity contribution in [3.05, 3.63) is 56.2 Å². The first kappa shape index (κ1) is 20.1. The molecule has 1 heterocycles. The van der Waals surface area contributed by atoms with Crippen LogP contribution < -0.4 is 16.2 Å². The summed E-state index contributed by atoms with van der Waals surface area (Å²) in [6, 6.07) is 9.77. The van der Waals surface area contributed by atoms with Crippen LogP contribution in [0.3, 0.4) is 0 Å². The number of hydrogen-bond donors (Lipinski definition) is 3. The lowest BCUT2D eigenvalue weighted by atomic mass is 10.0. The number of rotatable bonds is 5. The molecule has 0 saturated heterocycles. The molecule has 0 spiro atoms. The van der Waals surface area contributed by atoms with E-state index in [1.165, 1.54) is 11.3 Å². The van der Waals surface area contributed by atoms with E-state index in [-0.39, 0.29) is 11.8 Å². The van der Waals surface area contributed by atoms with Gasteiger partial charge in [0.05, 0.1) is 8.66 Å². The molecule has 0 radical (unpaired) electrons. The standard InChI is InChI=1S/C18H20BrN3O3S/c1-10(2)15(20-16(23)12-7-5-4-6-11(12)3)18(25)22-21-17(24)13-8-9-14(19)26-13/h4-10,15H,1-3H3,(H,20,23)(H,21,24)(H,22,25)/t15-/m0/s1. The van der Waals surface area contributed by atoms with E-state index >= 15 is 0 Å². The number of carbonyl (C=O) groups excluding carboxylic acids is 3. The van der Waals surface area contributed by atoms with Gasteiger partial charge in [-0.2, -0.15) is 0 Å². The van der Waals surface area contributed by atoms with E-state index in [2.05, 4.69) is 32.1 Å². The van der Waals surface area contributed by atoms with Crippen LogP contribution in [0.15, 0.2) is 40.2 Å². The second-order valence-electron chi connectivity index (χ2n) is 6.06. The van der Waals surface area contributed by atoms with Crippen molar-refractivity contribution in [3.63, 3.8) is 0 Å². The molecule has 8 heteroatoms. The van der Waals surface area contributed by atoms with E-state index in [0.717, 1.165) is 9.35 Å². The maximum atomic E-state index is 12.5. The monoisotopic (exact) mass is 437 g/mol. The van der Waals surface area contributed by atoms with E-state index < -0.39 is 17.9 Å². The highest BCUT2D eigenvalue weighted by molar-refractivity contribution is 9.11. The Morgan fingerprint density at radius 2 is 1.69 bits per heavy atom. The molecule has 3 amide bonds. The van der Waals surface area contributed by atoms with Crippen molar-refractivity contribution in [1.82, 2.24) is 16.2 Å². The molecule has 0 aliphatic rings. The van der Waals surface area contributed by atoms with Crippen LogP contribution in [-0.2, 0) is 4.79 Å². The number of hydrazine groups is 1. The van der Waals surface area contributed by atoms with E-state index in [1.54, 1.807) is 24.3 Å². The number of amides is 3. The average molecular weight is 438 g/mol. The molecular formula is C18H20BrN3O3S. The maximum absolute atomic E-state index is 12.5. The molecule has 0 unspecified atom stereocenters. The van der Waals surface area contributed by atoms with Crippen molar-refractivity contribution >= 4 is 45.0 Å². The number of aryl methyl sites for hydroxylation is 1. The lowest BCUT2D eigenvalue weighted by Gasteiger charge is -2.22. The van der Waals surface area contributed by atoms with Gasteiger partial charge in [0.2, 0.25) is 0 Å². The minimum absolute atomic E-state index is 0.157. The molecule has 0 aliphatic carbocycles. The third-order valence-electron chi connectivity index (χ3n) is 3.72. The zero-order valence-electron chi connectivity index (χ0n) is 14.6. The maximum Gasteiger partial charge on any atom is 0.279 e. The van der Waals surface area contributed by atoms with E-state index in [4.69, 9.17) is 0 Å². The van der Waals surface area contributed by atoms with Crippen molar-refractivity contribution in [3.8, 4) is 0 Å². The number of thiophene rings is 1. The van der Waals surface area contributed by atoms with Crippen molar-refractivity contribution in [2.75, 3.05) is 0 Å².